The van der Waals surface area contributed by atoms with Crippen molar-refractivity contribution >= 4 is 0 Å². The van der Waals surface area contributed by atoms with Gasteiger partial charge in [-0.15, -0.1) is 0 Å². The van der Waals surface area contributed by atoms with Crippen LogP contribution in [0, 0.1) is 0 Å². The average molecular weight is 128 g/mol. The van der Waals surface area contributed by atoms with Gasteiger partial charge in [0.1, 0.15) is 0 Å². The van der Waals surface area contributed by atoms with E-state index in [0.717, 1.165) is 6.42 Å². The minimum absolute atomic E-state index is 0.635. The molecule has 0 spiro atoms. The van der Waals surface area contributed by atoms with Crippen LogP contribution in [0.1, 0.15) is 19.8 Å². The Morgan fingerprint density at radius 3 is 2.67 bits per heavy atom. The lowest BCUT2D eigenvalue weighted by molar-refractivity contribution is 0.809. The molecule has 0 saturated heterocycles. The molecule has 0 aliphatic heterocycles. The van der Waals surface area contributed by atoms with E-state index in [4.69, 9.17) is 5.73 Å². The zero-order chi connectivity index (χ0) is 7.11. The lowest BCUT2D eigenvalue weighted by Gasteiger charge is -2.02. The van der Waals surface area contributed by atoms with Crippen LogP contribution in [-0.2, 0) is 0 Å². The topological polar surface area (TPSA) is 38.0 Å². The molecule has 0 heterocycles. The van der Waals surface area contributed by atoms with Crippen LogP contribution in [0.5, 0.6) is 0 Å². The fourth-order valence-corrected chi connectivity index (χ4v) is 0.741. The van der Waals surface area contributed by atoms with E-state index in [1.807, 2.05) is 13.1 Å². The average Bonchev–Trinajstić information content (AvgIpc) is 1.88. The van der Waals surface area contributed by atoms with Crippen LogP contribution in [-0.4, -0.2) is 13.6 Å². The number of nitrogens with one attached hydrogen (secondary N) is 1. The van der Waals surface area contributed by atoms with Crippen molar-refractivity contribution in [1.82, 2.24) is 5.32 Å². The van der Waals surface area contributed by atoms with E-state index in [1.165, 1.54) is 12.1 Å². The molecule has 0 fully saturated rings. The van der Waals surface area contributed by atoms with Gasteiger partial charge >= 0.3 is 0 Å². The van der Waals surface area contributed by atoms with Crippen LogP contribution in [0.4, 0.5) is 0 Å². The van der Waals surface area contributed by atoms with Crippen LogP contribution < -0.4 is 11.1 Å². The van der Waals surface area contributed by atoms with E-state index in [9.17, 15) is 0 Å². The first-order valence-electron chi connectivity index (χ1n) is 3.42. The normalized spacial score (nSPS) is 11.7. The van der Waals surface area contributed by atoms with Gasteiger partial charge in [0.2, 0.25) is 0 Å². The molecule has 2 heteroatoms. The maximum absolute atomic E-state index is 5.32. The van der Waals surface area contributed by atoms with E-state index in [1.54, 1.807) is 0 Å². The zero-order valence-electron chi connectivity index (χ0n) is 6.28. The van der Waals surface area contributed by atoms with E-state index in [0.29, 0.717) is 6.54 Å². The van der Waals surface area contributed by atoms with E-state index >= 15 is 0 Å². The van der Waals surface area contributed by atoms with Gasteiger partial charge in [-0.1, -0.05) is 19.4 Å². The highest BCUT2D eigenvalue weighted by molar-refractivity contribution is 4.98. The second-order valence-electron chi connectivity index (χ2n) is 1.97. The molecule has 0 aliphatic rings. The molecule has 0 aromatic heterocycles. The first-order chi connectivity index (χ1) is 4.35. The van der Waals surface area contributed by atoms with Gasteiger partial charge in [-0.25, -0.2) is 0 Å². The molecule has 0 rings (SSSR count). The van der Waals surface area contributed by atoms with Crippen molar-refractivity contribution in [3.63, 3.8) is 0 Å². The third-order valence-corrected chi connectivity index (χ3v) is 1.20. The fourth-order valence-electron chi connectivity index (χ4n) is 0.741. The first-order valence-corrected chi connectivity index (χ1v) is 3.42. The molecule has 0 bridgehead atoms. The monoisotopic (exact) mass is 128 g/mol. The molecule has 0 unspecified atom stereocenters. The van der Waals surface area contributed by atoms with Gasteiger partial charge in [-0.05, 0) is 6.42 Å². The van der Waals surface area contributed by atoms with Crippen molar-refractivity contribution in [1.29, 1.82) is 0 Å². The maximum atomic E-state index is 5.32. The summed E-state index contributed by atoms with van der Waals surface area (Å²) in [5.41, 5.74) is 6.57. The van der Waals surface area contributed by atoms with Gasteiger partial charge in [-0.3, -0.25) is 0 Å². The summed E-state index contributed by atoms with van der Waals surface area (Å²) in [4.78, 5) is 0. The van der Waals surface area contributed by atoms with Crippen LogP contribution in [0.2, 0.25) is 0 Å². The van der Waals surface area contributed by atoms with Crippen molar-refractivity contribution in [2.45, 2.75) is 19.8 Å². The van der Waals surface area contributed by atoms with Crippen LogP contribution >= 0.6 is 0 Å². The Bertz CT molecular complexity index is 86.9. The molecule has 9 heavy (non-hydrogen) atoms. The molecule has 0 aliphatic carbocycles. The summed E-state index contributed by atoms with van der Waals surface area (Å²) >= 11 is 0. The third kappa shape index (κ3) is 4.03. The van der Waals surface area contributed by atoms with Crippen LogP contribution in [0.3, 0.4) is 0 Å². The summed E-state index contributed by atoms with van der Waals surface area (Å²) < 4.78 is 0. The van der Waals surface area contributed by atoms with Gasteiger partial charge in [0.05, 0.1) is 0 Å². The summed E-state index contributed by atoms with van der Waals surface area (Å²) in [6.45, 7) is 2.79. The highest BCUT2D eigenvalue weighted by atomic mass is 14.8. The standard InChI is InChI=1S/C7H16N2/c1-3-4-7(9-2)5-6-8/h5,9H,3-4,6,8H2,1-2H3/b7-5+. The van der Waals surface area contributed by atoms with Gasteiger partial charge < -0.3 is 11.1 Å². The number of nitrogens with two attached hydrogens (primary N) is 1. The predicted octanol–water partition coefficient (Wildman–Crippen LogP) is 0.849. The molecule has 0 radical (unpaired) electrons. The number of allylic oxidation sites excluding steroid dienone is 1. The predicted molar refractivity (Wildman–Crippen MR) is 41.1 cm³/mol. The molecule has 0 aromatic rings. The molecular formula is C7H16N2. The third-order valence-electron chi connectivity index (χ3n) is 1.20. The summed E-state index contributed by atoms with van der Waals surface area (Å²) in [6.07, 6.45) is 4.30. The van der Waals surface area contributed by atoms with Gasteiger partial charge in [0, 0.05) is 19.3 Å². The summed E-state index contributed by atoms with van der Waals surface area (Å²) in [5, 5.41) is 3.08. The largest absolute Gasteiger partial charge is 0.392 e. The summed E-state index contributed by atoms with van der Waals surface area (Å²) in [5.74, 6) is 0. The van der Waals surface area contributed by atoms with Crippen molar-refractivity contribution < 1.29 is 0 Å². The quantitative estimate of drug-likeness (QED) is 0.589. The highest BCUT2D eigenvalue weighted by Crippen LogP contribution is 1.97. The lowest BCUT2D eigenvalue weighted by Crippen LogP contribution is -2.08. The zero-order valence-corrected chi connectivity index (χ0v) is 6.28. The molecule has 0 saturated carbocycles. The van der Waals surface area contributed by atoms with Crippen molar-refractivity contribution in [3.8, 4) is 0 Å². The number of hydrogen-bond donors (Lipinski definition) is 2. The summed E-state index contributed by atoms with van der Waals surface area (Å²) in [7, 11) is 1.93. The van der Waals surface area contributed by atoms with Crippen molar-refractivity contribution in [2.24, 2.45) is 5.73 Å². The summed E-state index contributed by atoms with van der Waals surface area (Å²) in [6, 6.07) is 0. The Hall–Kier alpha value is -0.500. The minimum atomic E-state index is 0.635. The Morgan fingerprint density at radius 2 is 2.33 bits per heavy atom. The van der Waals surface area contributed by atoms with E-state index in [2.05, 4.69) is 12.2 Å². The van der Waals surface area contributed by atoms with Crippen LogP contribution in [0.25, 0.3) is 0 Å². The Kier molecular flexibility index (Phi) is 5.32. The molecule has 3 N–H and O–H groups in total. The molecule has 2 nitrogen and oxygen atoms in total. The first kappa shape index (κ1) is 8.50. The van der Waals surface area contributed by atoms with Gasteiger partial charge in [-0.2, -0.15) is 0 Å². The molecule has 0 amide bonds. The van der Waals surface area contributed by atoms with Gasteiger partial charge in [0.25, 0.3) is 0 Å². The molecular weight excluding hydrogens is 112 g/mol. The maximum Gasteiger partial charge on any atom is 0.0126 e. The SMILES string of the molecule is CCC/C(=C\CN)NC. The smallest absolute Gasteiger partial charge is 0.0126 e. The van der Waals surface area contributed by atoms with E-state index in [-0.39, 0.29) is 0 Å². The Morgan fingerprint density at radius 1 is 1.67 bits per heavy atom. The lowest BCUT2D eigenvalue weighted by atomic mass is 10.2. The van der Waals surface area contributed by atoms with Crippen molar-refractivity contribution in [2.75, 3.05) is 13.6 Å². The minimum Gasteiger partial charge on any atom is -0.392 e. The van der Waals surface area contributed by atoms with Gasteiger partial charge in [0.15, 0.2) is 0 Å². The number of hydrogen-bond acceptors (Lipinski definition) is 2. The Labute approximate surface area is 57.1 Å². The van der Waals surface area contributed by atoms with E-state index < -0.39 is 0 Å². The molecule has 54 valence electrons. The second kappa shape index (κ2) is 5.63. The number of rotatable bonds is 4. The second-order valence-corrected chi connectivity index (χ2v) is 1.97. The molecule has 0 atom stereocenters. The molecule has 0 aromatic carbocycles. The van der Waals surface area contributed by atoms with Crippen LogP contribution in [0.15, 0.2) is 11.8 Å². The fraction of sp³-hybridized carbons (Fsp3) is 0.714. The highest BCUT2D eigenvalue weighted by Gasteiger charge is 1.87. The van der Waals surface area contributed by atoms with Crippen molar-refractivity contribution in [3.05, 3.63) is 11.8 Å². The Balaban J connectivity index is 3.53.